The highest BCUT2D eigenvalue weighted by Crippen LogP contribution is 2.35. The Balaban J connectivity index is 1.86. The van der Waals surface area contributed by atoms with E-state index in [0.717, 1.165) is 17.7 Å². The first kappa shape index (κ1) is 18.9. The molecule has 0 saturated carbocycles. The Bertz CT molecular complexity index is 1250. The van der Waals surface area contributed by atoms with Gasteiger partial charge in [-0.15, -0.1) is 0 Å². The second-order valence-electron chi connectivity index (χ2n) is 6.37. The maximum absolute atomic E-state index is 13.2. The van der Waals surface area contributed by atoms with Gasteiger partial charge in [0.1, 0.15) is 11.4 Å². The lowest BCUT2D eigenvalue weighted by Crippen LogP contribution is -2.16. The van der Waals surface area contributed by atoms with Crippen LogP contribution in [0.25, 0.3) is 11.0 Å². The highest BCUT2D eigenvalue weighted by Gasteiger charge is 2.22. The first-order chi connectivity index (χ1) is 14.0. The lowest BCUT2D eigenvalue weighted by Gasteiger charge is -2.13. The second kappa shape index (κ2) is 7.89. The van der Waals surface area contributed by atoms with Gasteiger partial charge in [-0.1, -0.05) is 48.0 Å². The average Bonchev–Trinajstić information content (AvgIpc) is 2.71. The Morgan fingerprint density at radius 1 is 0.966 bits per heavy atom. The van der Waals surface area contributed by atoms with Gasteiger partial charge in [-0.2, -0.15) is 0 Å². The van der Waals surface area contributed by atoms with Gasteiger partial charge < -0.3 is 9.15 Å². The highest BCUT2D eigenvalue weighted by atomic mass is 35.5. The third-order valence-electron chi connectivity index (χ3n) is 4.42. The summed E-state index contributed by atoms with van der Waals surface area (Å²) in [5, 5.41) is 0.609. The van der Waals surface area contributed by atoms with Gasteiger partial charge in [-0.3, -0.25) is 0 Å². The van der Waals surface area contributed by atoms with Crippen molar-refractivity contribution in [3.63, 3.8) is 0 Å². The molecule has 0 aliphatic carbocycles. The fourth-order valence-corrected chi connectivity index (χ4v) is 3.27. The summed E-state index contributed by atoms with van der Waals surface area (Å²) < 4.78 is 24.2. The van der Waals surface area contributed by atoms with E-state index in [-0.39, 0.29) is 33.9 Å². The van der Waals surface area contributed by atoms with Crippen molar-refractivity contribution in [3.8, 4) is 5.75 Å². The zero-order chi connectivity index (χ0) is 20.4. The zero-order valence-corrected chi connectivity index (χ0v) is 15.8. The van der Waals surface area contributed by atoms with Crippen LogP contribution in [0.15, 0.2) is 82.0 Å². The number of hydrogen-bond donors (Lipinski definition) is 0. The van der Waals surface area contributed by atoms with Crippen molar-refractivity contribution in [2.24, 2.45) is 0 Å². The molecule has 3 aromatic carbocycles. The predicted octanol–water partition coefficient (Wildman–Crippen LogP) is 5.40. The molecule has 0 N–H and O–H groups in total. The summed E-state index contributed by atoms with van der Waals surface area (Å²) in [5.41, 5.74) is 0.745. The molecule has 0 aliphatic rings. The molecule has 0 bridgehead atoms. The smallest absolute Gasteiger partial charge is 0.343 e. The number of ether oxygens (including phenoxy) is 1. The van der Waals surface area contributed by atoms with Crippen LogP contribution in [0, 0.1) is 5.82 Å². The largest absolute Gasteiger partial charge is 0.422 e. The van der Waals surface area contributed by atoms with E-state index >= 15 is 0 Å². The van der Waals surface area contributed by atoms with Gasteiger partial charge >= 0.3 is 11.6 Å². The Morgan fingerprint density at radius 3 is 2.41 bits per heavy atom. The number of hydrogen-bond acceptors (Lipinski definition) is 4. The van der Waals surface area contributed by atoms with Crippen molar-refractivity contribution >= 4 is 28.5 Å². The van der Waals surface area contributed by atoms with Gasteiger partial charge in [0.05, 0.1) is 21.5 Å². The molecule has 4 nitrogen and oxygen atoms in total. The van der Waals surface area contributed by atoms with Crippen molar-refractivity contribution in [2.45, 2.75) is 6.42 Å². The molecule has 0 radical (unpaired) electrons. The summed E-state index contributed by atoms with van der Waals surface area (Å²) in [5.74, 6) is -1.16. The van der Waals surface area contributed by atoms with Crippen molar-refractivity contribution in [2.75, 3.05) is 0 Å². The third-order valence-corrected chi connectivity index (χ3v) is 4.74. The maximum Gasteiger partial charge on any atom is 0.343 e. The molecule has 6 heteroatoms. The fraction of sp³-hybridized carbons (Fsp3) is 0.0435. The summed E-state index contributed by atoms with van der Waals surface area (Å²) in [6.07, 6.45) is 0.191. The van der Waals surface area contributed by atoms with Crippen LogP contribution in [0.1, 0.15) is 21.5 Å². The number of fused-ring (bicyclic) bond motifs is 1. The standard InChI is InChI=1S/C23H14ClFO4/c24-18-7-4-8-19-20(18)21(29-22(26)15-9-11-16(25)12-10-15)17(23(27)28-19)13-14-5-2-1-3-6-14/h1-12H,13H2. The molecule has 4 aromatic rings. The molecule has 144 valence electrons. The van der Waals surface area contributed by atoms with Crippen LogP contribution in [0.2, 0.25) is 5.02 Å². The molecule has 0 fully saturated rings. The maximum atomic E-state index is 13.2. The Morgan fingerprint density at radius 2 is 1.69 bits per heavy atom. The van der Waals surface area contributed by atoms with Crippen LogP contribution < -0.4 is 10.4 Å². The SMILES string of the molecule is O=C(Oc1c(Cc2ccccc2)c(=O)oc2cccc(Cl)c12)c1ccc(F)cc1. The highest BCUT2D eigenvalue weighted by molar-refractivity contribution is 6.36. The molecule has 1 aromatic heterocycles. The van der Waals surface area contributed by atoms with Crippen molar-refractivity contribution in [1.29, 1.82) is 0 Å². The molecular weight excluding hydrogens is 395 g/mol. The minimum Gasteiger partial charge on any atom is -0.422 e. The van der Waals surface area contributed by atoms with E-state index < -0.39 is 17.4 Å². The quantitative estimate of drug-likeness (QED) is 0.335. The van der Waals surface area contributed by atoms with Crippen molar-refractivity contribution in [1.82, 2.24) is 0 Å². The fourth-order valence-electron chi connectivity index (χ4n) is 3.02. The number of rotatable bonds is 4. The molecule has 0 saturated heterocycles. The van der Waals surface area contributed by atoms with Crippen LogP contribution in [0.5, 0.6) is 5.75 Å². The van der Waals surface area contributed by atoms with Gasteiger partial charge in [0.2, 0.25) is 0 Å². The van der Waals surface area contributed by atoms with Gasteiger partial charge in [-0.25, -0.2) is 14.0 Å². The van der Waals surface area contributed by atoms with E-state index in [9.17, 15) is 14.0 Å². The Labute approximate surface area is 170 Å². The van der Waals surface area contributed by atoms with Crippen LogP contribution >= 0.6 is 11.6 Å². The molecule has 4 rings (SSSR count). The minimum absolute atomic E-state index is 0.0417. The number of carbonyl (C=O) groups excluding carboxylic acids is 1. The van der Waals surface area contributed by atoms with E-state index in [4.69, 9.17) is 20.8 Å². The number of benzene rings is 3. The first-order valence-electron chi connectivity index (χ1n) is 8.79. The molecule has 0 spiro atoms. The summed E-state index contributed by atoms with van der Waals surface area (Å²) >= 11 is 6.34. The molecule has 1 heterocycles. The number of halogens is 2. The van der Waals surface area contributed by atoms with Crippen LogP contribution in [0.4, 0.5) is 4.39 Å². The van der Waals surface area contributed by atoms with Crippen LogP contribution in [-0.2, 0) is 6.42 Å². The number of esters is 1. The van der Waals surface area contributed by atoms with E-state index in [1.54, 1.807) is 18.2 Å². The molecule has 0 amide bonds. The predicted molar refractivity (Wildman–Crippen MR) is 108 cm³/mol. The topological polar surface area (TPSA) is 56.5 Å². The van der Waals surface area contributed by atoms with Gasteiger partial charge in [-0.05, 0) is 42.0 Å². The van der Waals surface area contributed by atoms with Crippen molar-refractivity contribution < 1.29 is 18.3 Å². The monoisotopic (exact) mass is 408 g/mol. The van der Waals surface area contributed by atoms with Gasteiger partial charge in [0.25, 0.3) is 0 Å². The number of carbonyl (C=O) groups is 1. The van der Waals surface area contributed by atoms with E-state index in [1.165, 1.54) is 12.1 Å². The summed E-state index contributed by atoms with van der Waals surface area (Å²) in [4.78, 5) is 25.4. The molecule has 0 unspecified atom stereocenters. The first-order valence-corrected chi connectivity index (χ1v) is 9.16. The lowest BCUT2D eigenvalue weighted by atomic mass is 10.0. The van der Waals surface area contributed by atoms with Gasteiger partial charge in [0, 0.05) is 6.42 Å². The summed E-state index contributed by atoms with van der Waals surface area (Å²) in [6, 6.07) is 19.0. The molecule has 0 atom stereocenters. The Kier molecular flexibility index (Phi) is 5.14. The van der Waals surface area contributed by atoms with E-state index in [2.05, 4.69) is 0 Å². The summed E-state index contributed by atoms with van der Waals surface area (Å²) in [7, 11) is 0. The normalized spacial score (nSPS) is 10.8. The van der Waals surface area contributed by atoms with E-state index in [0.29, 0.717) is 5.39 Å². The molecule has 0 aliphatic heterocycles. The Hall–Kier alpha value is -3.44. The zero-order valence-electron chi connectivity index (χ0n) is 15.0. The molecule has 29 heavy (non-hydrogen) atoms. The van der Waals surface area contributed by atoms with Crippen LogP contribution in [0.3, 0.4) is 0 Å². The van der Waals surface area contributed by atoms with E-state index in [1.807, 2.05) is 30.3 Å². The van der Waals surface area contributed by atoms with Crippen molar-refractivity contribution in [3.05, 3.63) is 111 Å². The minimum atomic E-state index is -0.730. The summed E-state index contributed by atoms with van der Waals surface area (Å²) in [6.45, 7) is 0. The van der Waals surface area contributed by atoms with Crippen LogP contribution in [-0.4, -0.2) is 5.97 Å². The second-order valence-corrected chi connectivity index (χ2v) is 6.78. The average molecular weight is 409 g/mol. The third kappa shape index (κ3) is 3.91. The lowest BCUT2D eigenvalue weighted by molar-refractivity contribution is 0.0735. The molecular formula is C23H14ClFO4. The van der Waals surface area contributed by atoms with Gasteiger partial charge in [0.15, 0.2) is 5.75 Å².